The van der Waals surface area contributed by atoms with E-state index in [-0.39, 0.29) is 0 Å². The molecule has 3 heteroatoms. The predicted molar refractivity (Wildman–Crippen MR) is 55.0 cm³/mol. The smallest absolute Gasteiger partial charge is 0.0757 e. The van der Waals surface area contributed by atoms with Crippen LogP contribution in [0.25, 0.3) is 0 Å². The van der Waals surface area contributed by atoms with Gasteiger partial charge in [0, 0.05) is 24.7 Å². The molecule has 1 aliphatic heterocycles. The van der Waals surface area contributed by atoms with Gasteiger partial charge < -0.3 is 15.8 Å². The van der Waals surface area contributed by atoms with Crippen molar-refractivity contribution < 1.29 is 4.74 Å². The SMILES string of the molecule is NC1CC(NC2CCOC2C2CC2)C1. The minimum atomic E-state index is 0.453. The lowest BCUT2D eigenvalue weighted by Crippen LogP contribution is -2.53. The van der Waals surface area contributed by atoms with Gasteiger partial charge in [0.2, 0.25) is 0 Å². The number of hydrogen-bond acceptors (Lipinski definition) is 3. The molecule has 3 nitrogen and oxygen atoms in total. The fourth-order valence-electron chi connectivity index (χ4n) is 2.78. The second-order valence-corrected chi connectivity index (χ2v) is 5.16. The first-order chi connectivity index (χ1) is 6.83. The van der Waals surface area contributed by atoms with Crippen molar-refractivity contribution in [2.24, 2.45) is 11.7 Å². The van der Waals surface area contributed by atoms with Crippen LogP contribution in [0.2, 0.25) is 0 Å². The summed E-state index contributed by atoms with van der Waals surface area (Å²) < 4.78 is 5.79. The fourth-order valence-corrected chi connectivity index (χ4v) is 2.78. The Morgan fingerprint density at radius 3 is 2.57 bits per heavy atom. The molecule has 3 rings (SSSR count). The molecule has 3 fully saturated rings. The molecule has 0 aromatic carbocycles. The minimum absolute atomic E-state index is 0.453. The van der Waals surface area contributed by atoms with Gasteiger partial charge in [0.1, 0.15) is 0 Å². The Labute approximate surface area is 85.4 Å². The monoisotopic (exact) mass is 196 g/mol. The van der Waals surface area contributed by atoms with Crippen molar-refractivity contribution in [2.75, 3.05) is 6.61 Å². The van der Waals surface area contributed by atoms with Crippen LogP contribution in [0.5, 0.6) is 0 Å². The van der Waals surface area contributed by atoms with Gasteiger partial charge in [-0.1, -0.05) is 0 Å². The van der Waals surface area contributed by atoms with Gasteiger partial charge >= 0.3 is 0 Å². The molecule has 80 valence electrons. The highest BCUT2D eigenvalue weighted by Gasteiger charge is 2.42. The lowest BCUT2D eigenvalue weighted by Gasteiger charge is -2.36. The van der Waals surface area contributed by atoms with Crippen LogP contribution >= 0.6 is 0 Å². The van der Waals surface area contributed by atoms with E-state index >= 15 is 0 Å². The van der Waals surface area contributed by atoms with Crippen molar-refractivity contribution in [1.82, 2.24) is 5.32 Å². The van der Waals surface area contributed by atoms with Crippen molar-refractivity contribution in [3.63, 3.8) is 0 Å². The Bertz CT molecular complexity index is 211. The molecule has 3 aliphatic rings. The molecule has 2 saturated carbocycles. The highest BCUT2D eigenvalue weighted by atomic mass is 16.5. The van der Waals surface area contributed by atoms with E-state index in [9.17, 15) is 0 Å². The molecule has 0 aromatic heterocycles. The Balaban J connectivity index is 1.51. The molecule has 2 aliphatic carbocycles. The summed E-state index contributed by atoms with van der Waals surface area (Å²) >= 11 is 0. The van der Waals surface area contributed by atoms with E-state index in [0.29, 0.717) is 24.2 Å². The molecule has 2 unspecified atom stereocenters. The van der Waals surface area contributed by atoms with Gasteiger partial charge in [0.25, 0.3) is 0 Å². The first-order valence-electron chi connectivity index (χ1n) is 5.96. The van der Waals surface area contributed by atoms with E-state index in [2.05, 4.69) is 5.32 Å². The first kappa shape index (κ1) is 9.13. The maximum Gasteiger partial charge on any atom is 0.0757 e. The minimum Gasteiger partial charge on any atom is -0.376 e. The average molecular weight is 196 g/mol. The van der Waals surface area contributed by atoms with Crippen LogP contribution < -0.4 is 11.1 Å². The van der Waals surface area contributed by atoms with Crippen LogP contribution in [0.1, 0.15) is 32.1 Å². The third-order valence-electron chi connectivity index (χ3n) is 3.85. The normalized spacial score (nSPS) is 47.8. The van der Waals surface area contributed by atoms with Crippen LogP contribution in [0.3, 0.4) is 0 Å². The number of nitrogens with one attached hydrogen (secondary N) is 1. The van der Waals surface area contributed by atoms with Crippen molar-refractivity contribution in [1.29, 1.82) is 0 Å². The molecule has 3 N–H and O–H groups in total. The lowest BCUT2D eigenvalue weighted by atomic mass is 9.86. The van der Waals surface area contributed by atoms with Crippen LogP contribution in [0.4, 0.5) is 0 Å². The molecule has 0 bridgehead atoms. The number of nitrogens with two attached hydrogens (primary N) is 1. The Hall–Kier alpha value is -0.120. The summed E-state index contributed by atoms with van der Waals surface area (Å²) in [7, 11) is 0. The average Bonchev–Trinajstić information content (AvgIpc) is 2.85. The van der Waals surface area contributed by atoms with Gasteiger partial charge in [0.15, 0.2) is 0 Å². The van der Waals surface area contributed by atoms with Gasteiger partial charge in [-0.25, -0.2) is 0 Å². The summed E-state index contributed by atoms with van der Waals surface area (Å²) in [5.74, 6) is 0.865. The molecule has 0 amide bonds. The topological polar surface area (TPSA) is 47.3 Å². The quantitative estimate of drug-likeness (QED) is 0.696. The molecule has 1 heterocycles. The van der Waals surface area contributed by atoms with Crippen LogP contribution in [0, 0.1) is 5.92 Å². The summed E-state index contributed by atoms with van der Waals surface area (Å²) in [6, 6.07) is 1.76. The third-order valence-corrected chi connectivity index (χ3v) is 3.85. The standard InChI is InChI=1S/C11H20N2O/c12-8-5-9(6-8)13-10-3-4-14-11(10)7-1-2-7/h7-11,13H,1-6,12H2. The van der Waals surface area contributed by atoms with Crippen LogP contribution in [-0.2, 0) is 4.74 Å². The van der Waals surface area contributed by atoms with Gasteiger partial charge in [0.05, 0.1) is 6.10 Å². The Kier molecular flexibility index (Phi) is 2.26. The highest BCUT2D eigenvalue weighted by molar-refractivity contribution is 4.97. The summed E-state index contributed by atoms with van der Waals surface area (Å²) in [4.78, 5) is 0. The van der Waals surface area contributed by atoms with Crippen LogP contribution in [0.15, 0.2) is 0 Å². The summed E-state index contributed by atoms with van der Waals surface area (Å²) in [5.41, 5.74) is 5.78. The van der Waals surface area contributed by atoms with Gasteiger partial charge in [-0.05, 0) is 38.0 Å². The molecule has 0 spiro atoms. The lowest BCUT2D eigenvalue weighted by molar-refractivity contribution is 0.0751. The summed E-state index contributed by atoms with van der Waals surface area (Å²) in [6.07, 6.45) is 6.81. The van der Waals surface area contributed by atoms with E-state index in [4.69, 9.17) is 10.5 Å². The largest absolute Gasteiger partial charge is 0.376 e. The number of ether oxygens (including phenoxy) is 1. The van der Waals surface area contributed by atoms with Gasteiger partial charge in [-0.3, -0.25) is 0 Å². The zero-order chi connectivity index (χ0) is 9.54. The van der Waals surface area contributed by atoms with E-state index in [1.807, 2.05) is 0 Å². The maximum atomic E-state index is 5.79. The number of rotatable bonds is 3. The summed E-state index contributed by atoms with van der Waals surface area (Å²) in [5, 5.41) is 3.71. The zero-order valence-corrected chi connectivity index (χ0v) is 8.61. The van der Waals surface area contributed by atoms with E-state index < -0.39 is 0 Å². The Morgan fingerprint density at radius 1 is 1.14 bits per heavy atom. The second kappa shape index (κ2) is 3.47. The number of hydrogen-bond donors (Lipinski definition) is 2. The molecular weight excluding hydrogens is 176 g/mol. The maximum absolute atomic E-state index is 5.79. The molecule has 1 saturated heterocycles. The highest BCUT2D eigenvalue weighted by Crippen LogP contribution is 2.39. The first-order valence-corrected chi connectivity index (χ1v) is 5.96. The van der Waals surface area contributed by atoms with Gasteiger partial charge in [-0.2, -0.15) is 0 Å². The zero-order valence-electron chi connectivity index (χ0n) is 8.61. The van der Waals surface area contributed by atoms with Crippen molar-refractivity contribution in [3.8, 4) is 0 Å². The van der Waals surface area contributed by atoms with E-state index in [0.717, 1.165) is 25.4 Å². The van der Waals surface area contributed by atoms with E-state index in [1.54, 1.807) is 0 Å². The molecule has 0 radical (unpaired) electrons. The van der Waals surface area contributed by atoms with Crippen molar-refractivity contribution in [2.45, 2.75) is 56.3 Å². The molecular formula is C11H20N2O. The van der Waals surface area contributed by atoms with Crippen molar-refractivity contribution >= 4 is 0 Å². The summed E-state index contributed by atoms with van der Waals surface area (Å²) in [6.45, 7) is 0.956. The Morgan fingerprint density at radius 2 is 1.93 bits per heavy atom. The second-order valence-electron chi connectivity index (χ2n) is 5.16. The van der Waals surface area contributed by atoms with E-state index in [1.165, 1.54) is 19.3 Å². The molecule has 14 heavy (non-hydrogen) atoms. The van der Waals surface area contributed by atoms with Crippen LogP contribution in [-0.4, -0.2) is 30.8 Å². The third kappa shape index (κ3) is 1.69. The van der Waals surface area contributed by atoms with Gasteiger partial charge in [-0.15, -0.1) is 0 Å². The molecule has 0 aromatic rings. The molecule has 2 atom stereocenters. The fraction of sp³-hybridized carbons (Fsp3) is 1.00. The predicted octanol–water partition coefficient (Wildman–Crippen LogP) is 0.633. The van der Waals surface area contributed by atoms with Crippen molar-refractivity contribution in [3.05, 3.63) is 0 Å².